The van der Waals surface area contributed by atoms with E-state index in [2.05, 4.69) is 45.3 Å². The molecule has 88 valence electrons. The van der Waals surface area contributed by atoms with Crippen LogP contribution in [0.25, 0.3) is 0 Å². The number of para-hydroxylation sites is 1. The lowest BCUT2D eigenvalue weighted by molar-refractivity contribution is 0.419. The smallest absolute Gasteiger partial charge is 0.147 e. The summed E-state index contributed by atoms with van der Waals surface area (Å²) < 4.78 is 4.87. The summed E-state index contributed by atoms with van der Waals surface area (Å²) in [7, 11) is 0. The summed E-state index contributed by atoms with van der Waals surface area (Å²) in [5.74, 6) is 0. The number of hydrogen-bond acceptors (Lipinski definition) is 4. The van der Waals surface area contributed by atoms with Gasteiger partial charge in [-0.1, -0.05) is 23.4 Å². The number of benzene rings is 1. The molecule has 0 spiro atoms. The Morgan fingerprint density at radius 3 is 2.12 bits per heavy atom. The molecule has 0 unspecified atom stereocenters. The molecule has 4 heteroatoms. The van der Waals surface area contributed by atoms with Gasteiger partial charge in [0.2, 0.25) is 0 Å². The third-order valence-electron chi connectivity index (χ3n) is 3.19. The average Bonchev–Trinajstić information content (AvgIpc) is 2.94. The van der Waals surface area contributed by atoms with Gasteiger partial charge in [-0.2, -0.15) is 0 Å². The summed E-state index contributed by atoms with van der Waals surface area (Å²) in [4.78, 5) is 4.71. The second kappa shape index (κ2) is 4.49. The first-order chi connectivity index (χ1) is 8.43. The Labute approximate surface area is 100 Å². The molecule has 0 radical (unpaired) electrons. The van der Waals surface area contributed by atoms with Crippen molar-refractivity contribution in [3.8, 4) is 0 Å². The Balaban J connectivity index is 1.65. The summed E-state index contributed by atoms with van der Waals surface area (Å²) in [6.07, 6.45) is 3.48. The molecule has 4 nitrogen and oxygen atoms in total. The Morgan fingerprint density at radius 1 is 0.882 bits per heavy atom. The molecule has 17 heavy (non-hydrogen) atoms. The number of anilines is 2. The van der Waals surface area contributed by atoms with Crippen molar-refractivity contribution in [1.82, 2.24) is 5.16 Å². The lowest BCUT2D eigenvalue weighted by atomic mass is 10.2. The Bertz CT molecular complexity index is 447. The fourth-order valence-corrected chi connectivity index (χ4v) is 2.22. The third-order valence-corrected chi connectivity index (χ3v) is 3.19. The maximum atomic E-state index is 4.87. The van der Waals surface area contributed by atoms with Crippen LogP contribution >= 0.6 is 0 Å². The molecule has 0 amide bonds. The second-order valence-electron chi connectivity index (χ2n) is 4.19. The highest BCUT2D eigenvalue weighted by atomic mass is 16.5. The van der Waals surface area contributed by atoms with Gasteiger partial charge in [0, 0.05) is 31.9 Å². The zero-order valence-corrected chi connectivity index (χ0v) is 9.62. The zero-order valence-electron chi connectivity index (χ0n) is 9.62. The van der Waals surface area contributed by atoms with Crippen molar-refractivity contribution in [2.45, 2.75) is 0 Å². The van der Waals surface area contributed by atoms with Crippen molar-refractivity contribution >= 4 is 11.4 Å². The van der Waals surface area contributed by atoms with Crippen LogP contribution in [0.3, 0.4) is 0 Å². The maximum Gasteiger partial charge on any atom is 0.147 e. The number of aromatic nitrogens is 1. The fraction of sp³-hybridized carbons (Fsp3) is 0.308. The van der Waals surface area contributed by atoms with Gasteiger partial charge >= 0.3 is 0 Å². The first-order valence-electron chi connectivity index (χ1n) is 5.88. The zero-order chi connectivity index (χ0) is 11.5. The average molecular weight is 229 g/mol. The topological polar surface area (TPSA) is 32.5 Å². The van der Waals surface area contributed by atoms with E-state index in [1.54, 1.807) is 12.5 Å². The van der Waals surface area contributed by atoms with Crippen molar-refractivity contribution in [1.29, 1.82) is 0 Å². The number of nitrogens with zero attached hydrogens (tertiary/aromatic N) is 3. The van der Waals surface area contributed by atoms with Gasteiger partial charge in [0.15, 0.2) is 0 Å². The van der Waals surface area contributed by atoms with Gasteiger partial charge in [0.05, 0.1) is 11.9 Å². The van der Waals surface area contributed by atoms with Crippen LogP contribution in [-0.4, -0.2) is 31.3 Å². The molecule has 1 saturated heterocycles. The summed E-state index contributed by atoms with van der Waals surface area (Å²) in [5, 5.41) is 3.74. The monoisotopic (exact) mass is 229 g/mol. The number of piperazine rings is 1. The van der Waals surface area contributed by atoms with Gasteiger partial charge < -0.3 is 14.3 Å². The summed E-state index contributed by atoms with van der Waals surface area (Å²) in [6.45, 7) is 4.09. The van der Waals surface area contributed by atoms with E-state index in [4.69, 9.17) is 4.52 Å². The molecule has 0 atom stereocenters. The first kappa shape index (κ1) is 10.2. The van der Waals surface area contributed by atoms with Crippen molar-refractivity contribution in [2.75, 3.05) is 36.0 Å². The molecule has 0 aliphatic carbocycles. The highest BCUT2D eigenvalue weighted by Crippen LogP contribution is 2.19. The Kier molecular flexibility index (Phi) is 2.69. The highest BCUT2D eigenvalue weighted by molar-refractivity contribution is 5.49. The minimum atomic E-state index is 1.01. The normalized spacial score (nSPS) is 16.2. The molecule has 1 aliphatic rings. The van der Waals surface area contributed by atoms with E-state index in [-0.39, 0.29) is 0 Å². The molecule has 0 N–H and O–H groups in total. The largest absolute Gasteiger partial charge is 0.368 e. The van der Waals surface area contributed by atoms with E-state index >= 15 is 0 Å². The van der Waals surface area contributed by atoms with Crippen LogP contribution in [0.1, 0.15) is 0 Å². The quantitative estimate of drug-likeness (QED) is 0.788. The molecule has 3 rings (SSSR count). The van der Waals surface area contributed by atoms with Gasteiger partial charge in [-0.25, -0.2) is 0 Å². The van der Waals surface area contributed by atoms with Crippen LogP contribution in [0.2, 0.25) is 0 Å². The molecule has 0 saturated carbocycles. The Hall–Kier alpha value is -1.97. The molecule has 1 aromatic heterocycles. The van der Waals surface area contributed by atoms with E-state index in [9.17, 15) is 0 Å². The number of rotatable bonds is 2. The molecule has 2 aromatic rings. The van der Waals surface area contributed by atoms with Crippen molar-refractivity contribution in [3.05, 3.63) is 42.8 Å². The van der Waals surface area contributed by atoms with Gasteiger partial charge in [0.25, 0.3) is 0 Å². The van der Waals surface area contributed by atoms with Crippen molar-refractivity contribution in [2.24, 2.45) is 0 Å². The maximum absolute atomic E-state index is 4.87. The van der Waals surface area contributed by atoms with Gasteiger partial charge in [0.1, 0.15) is 6.26 Å². The molecular formula is C13H15N3O. The summed E-state index contributed by atoms with van der Waals surface area (Å²) >= 11 is 0. The van der Waals surface area contributed by atoms with Gasteiger partial charge in [-0.3, -0.25) is 0 Å². The van der Waals surface area contributed by atoms with Crippen LogP contribution in [0.4, 0.5) is 11.4 Å². The molecule has 2 heterocycles. The summed E-state index contributed by atoms with van der Waals surface area (Å²) in [5.41, 5.74) is 2.38. The van der Waals surface area contributed by atoms with Gasteiger partial charge in [-0.15, -0.1) is 0 Å². The van der Waals surface area contributed by atoms with E-state index in [0.29, 0.717) is 0 Å². The van der Waals surface area contributed by atoms with Crippen LogP contribution in [0.15, 0.2) is 47.3 Å². The number of hydrogen-bond donors (Lipinski definition) is 0. The molecule has 0 bridgehead atoms. The lowest BCUT2D eigenvalue weighted by Gasteiger charge is -2.36. The SMILES string of the molecule is c1ccc(N2CCN(c3cnoc3)CC2)cc1. The fourth-order valence-electron chi connectivity index (χ4n) is 2.22. The molecule has 1 aliphatic heterocycles. The van der Waals surface area contributed by atoms with E-state index in [1.807, 2.05) is 0 Å². The molecular weight excluding hydrogens is 214 g/mol. The predicted molar refractivity (Wildman–Crippen MR) is 67.4 cm³/mol. The van der Waals surface area contributed by atoms with Crippen LogP contribution in [0.5, 0.6) is 0 Å². The predicted octanol–water partition coefficient (Wildman–Crippen LogP) is 2.00. The minimum Gasteiger partial charge on any atom is -0.368 e. The van der Waals surface area contributed by atoms with Crippen molar-refractivity contribution < 1.29 is 4.52 Å². The standard InChI is InChI=1S/C13H15N3O/c1-2-4-12(5-3-1)15-6-8-16(9-7-15)13-10-14-17-11-13/h1-5,10-11H,6-9H2. The third kappa shape index (κ3) is 2.11. The molecule has 1 aromatic carbocycles. The van der Waals surface area contributed by atoms with Crippen LogP contribution in [-0.2, 0) is 0 Å². The van der Waals surface area contributed by atoms with Crippen LogP contribution < -0.4 is 9.80 Å². The van der Waals surface area contributed by atoms with Gasteiger partial charge in [-0.05, 0) is 12.1 Å². The van der Waals surface area contributed by atoms with Crippen molar-refractivity contribution in [3.63, 3.8) is 0 Å². The van der Waals surface area contributed by atoms with E-state index in [0.717, 1.165) is 31.9 Å². The lowest BCUT2D eigenvalue weighted by Crippen LogP contribution is -2.46. The second-order valence-corrected chi connectivity index (χ2v) is 4.19. The van der Waals surface area contributed by atoms with Crippen LogP contribution in [0, 0.1) is 0 Å². The highest BCUT2D eigenvalue weighted by Gasteiger charge is 2.18. The molecule has 1 fully saturated rings. The van der Waals surface area contributed by atoms with E-state index < -0.39 is 0 Å². The first-order valence-corrected chi connectivity index (χ1v) is 5.88. The summed E-state index contributed by atoms with van der Waals surface area (Å²) in [6, 6.07) is 10.5. The Morgan fingerprint density at radius 2 is 1.53 bits per heavy atom. The van der Waals surface area contributed by atoms with E-state index in [1.165, 1.54) is 5.69 Å². The minimum absolute atomic E-state index is 1.01.